The smallest absolute Gasteiger partial charge is 0.264 e. The second-order valence-electron chi connectivity index (χ2n) is 6.11. The summed E-state index contributed by atoms with van der Waals surface area (Å²) in [6, 6.07) is 9.56. The van der Waals surface area contributed by atoms with Gasteiger partial charge in [0.15, 0.2) is 23.2 Å². The molecule has 2 aromatic carbocycles. The minimum absolute atomic E-state index is 0.0530. The van der Waals surface area contributed by atoms with Crippen molar-refractivity contribution in [2.45, 2.75) is 0 Å². The highest BCUT2D eigenvalue weighted by atomic mass is 32.1. The number of aromatic nitrogens is 1. The number of likely N-dealkylation sites (N-methyl/N-ethyl adjacent to an activating group) is 1. The molecule has 0 aliphatic carbocycles. The van der Waals surface area contributed by atoms with Crippen molar-refractivity contribution < 1.29 is 19.0 Å². The zero-order valence-corrected chi connectivity index (χ0v) is 15.2. The van der Waals surface area contributed by atoms with Crippen molar-refractivity contribution in [3.8, 4) is 28.4 Å². The highest BCUT2D eigenvalue weighted by Gasteiger charge is 2.26. The molecule has 8 heteroatoms. The van der Waals surface area contributed by atoms with Crippen LogP contribution in [0.5, 0.6) is 17.2 Å². The van der Waals surface area contributed by atoms with E-state index >= 15 is 0 Å². The molecule has 1 amide bonds. The molecular formula is C19H15N3O4S. The summed E-state index contributed by atoms with van der Waals surface area (Å²) in [6.45, 7) is 0.229. The molecule has 2 aliphatic heterocycles. The van der Waals surface area contributed by atoms with Gasteiger partial charge in [-0.25, -0.2) is 4.98 Å². The van der Waals surface area contributed by atoms with E-state index in [-0.39, 0.29) is 19.3 Å². The van der Waals surface area contributed by atoms with Crippen LogP contribution in [0.15, 0.2) is 41.9 Å². The van der Waals surface area contributed by atoms with E-state index in [4.69, 9.17) is 14.2 Å². The maximum absolute atomic E-state index is 12.0. The predicted molar refractivity (Wildman–Crippen MR) is 102 cm³/mol. The third-order valence-electron chi connectivity index (χ3n) is 4.55. The van der Waals surface area contributed by atoms with Gasteiger partial charge in [0.1, 0.15) is 5.75 Å². The Morgan fingerprint density at radius 2 is 2.04 bits per heavy atom. The molecule has 0 spiro atoms. The van der Waals surface area contributed by atoms with E-state index in [0.29, 0.717) is 17.2 Å². The van der Waals surface area contributed by atoms with E-state index in [1.54, 1.807) is 18.1 Å². The highest BCUT2D eigenvalue weighted by molar-refractivity contribution is 7.13. The Kier molecular flexibility index (Phi) is 3.64. The van der Waals surface area contributed by atoms with Crippen LogP contribution in [0.2, 0.25) is 0 Å². The van der Waals surface area contributed by atoms with E-state index in [1.807, 2.05) is 35.7 Å². The Hall–Kier alpha value is -3.26. The van der Waals surface area contributed by atoms with Crippen molar-refractivity contribution in [2.75, 3.05) is 30.7 Å². The van der Waals surface area contributed by atoms with E-state index in [0.717, 1.165) is 27.6 Å². The number of benzene rings is 2. The van der Waals surface area contributed by atoms with Crippen molar-refractivity contribution in [1.29, 1.82) is 0 Å². The molecule has 0 saturated heterocycles. The monoisotopic (exact) mass is 381 g/mol. The van der Waals surface area contributed by atoms with Gasteiger partial charge in [0, 0.05) is 18.6 Å². The van der Waals surface area contributed by atoms with Crippen molar-refractivity contribution in [1.82, 2.24) is 4.98 Å². The van der Waals surface area contributed by atoms with Crippen LogP contribution in [-0.2, 0) is 4.79 Å². The van der Waals surface area contributed by atoms with E-state index in [2.05, 4.69) is 10.3 Å². The molecule has 27 heavy (non-hydrogen) atoms. The third kappa shape index (κ3) is 2.65. The topological polar surface area (TPSA) is 72.9 Å². The number of carbonyl (C=O) groups is 1. The van der Waals surface area contributed by atoms with Crippen molar-refractivity contribution >= 4 is 33.8 Å². The van der Waals surface area contributed by atoms with Crippen LogP contribution in [0.25, 0.3) is 11.1 Å². The summed E-state index contributed by atoms with van der Waals surface area (Å²) in [5.41, 5.74) is 3.31. The highest BCUT2D eigenvalue weighted by Crippen LogP contribution is 2.48. The van der Waals surface area contributed by atoms with Gasteiger partial charge in [0.2, 0.25) is 6.79 Å². The zero-order chi connectivity index (χ0) is 18.4. The number of hydrogen-bond donors (Lipinski definition) is 1. The number of thiazole rings is 1. The number of anilines is 3. The van der Waals surface area contributed by atoms with Gasteiger partial charge in [0.05, 0.1) is 16.9 Å². The summed E-state index contributed by atoms with van der Waals surface area (Å²) in [7, 11) is 1.75. The molecule has 0 saturated carbocycles. The molecule has 2 aliphatic rings. The average Bonchev–Trinajstić information content (AvgIpc) is 3.36. The Balaban J connectivity index is 1.66. The molecule has 3 aromatic rings. The lowest BCUT2D eigenvalue weighted by Gasteiger charge is -2.26. The lowest BCUT2D eigenvalue weighted by molar-refractivity contribution is -0.120. The van der Waals surface area contributed by atoms with Crippen molar-refractivity contribution in [3.63, 3.8) is 0 Å². The van der Waals surface area contributed by atoms with Crippen LogP contribution in [-0.4, -0.2) is 31.3 Å². The summed E-state index contributed by atoms with van der Waals surface area (Å²) < 4.78 is 16.8. The van der Waals surface area contributed by atoms with Gasteiger partial charge in [-0.2, -0.15) is 0 Å². The van der Waals surface area contributed by atoms with Gasteiger partial charge in [-0.1, -0.05) is 6.07 Å². The number of ether oxygens (including phenoxy) is 3. The quantitative estimate of drug-likeness (QED) is 0.747. The fourth-order valence-electron chi connectivity index (χ4n) is 3.19. The molecular weight excluding hydrogens is 366 g/mol. The number of amides is 1. The fraction of sp³-hybridized carbons (Fsp3) is 0.158. The summed E-state index contributed by atoms with van der Waals surface area (Å²) >= 11 is 1.51. The molecule has 0 radical (unpaired) electrons. The maximum atomic E-state index is 12.0. The standard InChI is InChI=1S/C19H15N3O4S/c1-22-13-8-11(2-4-14(13)24-9-16(22)23)17-12(21-19-20-6-7-27-19)3-5-15-18(17)26-10-25-15/h2-8H,9-10H2,1H3,(H,20,21). The van der Waals surface area contributed by atoms with Gasteiger partial charge in [-0.15, -0.1) is 11.3 Å². The van der Waals surface area contributed by atoms with Crippen molar-refractivity contribution in [2.24, 2.45) is 0 Å². The minimum atomic E-state index is -0.0846. The van der Waals surface area contributed by atoms with Crippen LogP contribution in [0, 0.1) is 0 Å². The summed E-state index contributed by atoms with van der Waals surface area (Å²) in [5.74, 6) is 1.95. The predicted octanol–water partition coefficient (Wildman–Crippen LogP) is 3.64. The summed E-state index contributed by atoms with van der Waals surface area (Å²) in [5, 5.41) is 6.03. The van der Waals surface area contributed by atoms with Crippen LogP contribution in [0.4, 0.5) is 16.5 Å². The van der Waals surface area contributed by atoms with E-state index in [9.17, 15) is 4.79 Å². The maximum Gasteiger partial charge on any atom is 0.264 e. The lowest BCUT2D eigenvalue weighted by atomic mass is 10.00. The number of hydrogen-bond acceptors (Lipinski definition) is 7. The first kappa shape index (κ1) is 16.0. The number of carbonyl (C=O) groups excluding carboxylic acids is 1. The molecule has 3 heterocycles. The summed E-state index contributed by atoms with van der Waals surface area (Å²) in [4.78, 5) is 17.9. The molecule has 1 N–H and O–H groups in total. The van der Waals surface area contributed by atoms with Gasteiger partial charge in [-0.3, -0.25) is 4.79 Å². The second-order valence-corrected chi connectivity index (χ2v) is 7.00. The number of nitrogens with zero attached hydrogens (tertiary/aromatic N) is 2. The molecule has 7 nitrogen and oxygen atoms in total. The van der Waals surface area contributed by atoms with E-state index in [1.165, 1.54) is 11.3 Å². The first-order chi connectivity index (χ1) is 13.2. The Bertz CT molecular complexity index is 1040. The van der Waals surface area contributed by atoms with Gasteiger partial charge >= 0.3 is 0 Å². The molecule has 1 aromatic heterocycles. The fourth-order valence-corrected chi connectivity index (χ4v) is 3.73. The SMILES string of the molecule is CN1C(=O)COc2ccc(-c3c(Nc4nccs4)ccc4c3OCO4)cc21. The molecule has 0 atom stereocenters. The van der Waals surface area contributed by atoms with Gasteiger partial charge in [-0.05, 0) is 29.8 Å². The van der Waals surface area contributed by atoms with E-state index < -0.39 is 0 Å². The van der Waals surface area contributed by atoms with Gasteiger partial charge in [0.25, 0.3) is 5.91 Å². The molecule has 5 rings (SSSR count). The molecule has 0 fully saturated rings. The Labute approximate surface area is 159 Å². The number of nitrogens with one attached hydrogen (secondary N) is 1. The van der Waals surface area contributed by atoms with Crippen LogP contribution >= 0.6 is 11.3 Å². The number of rotatable bonds is 3. The lowest BCUT2D eigenvalue weighted by Crippen LogP contribution is -2.35. The molecule has 0 bridgehead atoms. The van der Waals surface area contributed by atoms with Gasteiger partial charge < -0.3 is 24.4 Å². The largest absolute Gasteiger partial charge is 0.482 e. The van der Waals surface area contributed by atoms with Crippen LogP contribution in [0.1, 0.15) is 0 Å². The third-order valence-corrected chi connectivity index (χ3v) is 5.24. The Morgan fingerprint density at radius 1 is 1.15 bits per heavy atom. The second kappa shape index (κ2) is 6.17. The first-order valence-corrected chi connectivity index (χ1v) is 9.21. The minimum Gasteiger partial charge on any atom is -0.482 e. The Morgan fingerprint density at radius 3 is 2.89 bits per heavy atom. The average molecular weight is 381 g/mol. The van der Waals surface area contributed by atoms with Crippen molar-refractivity contribution in [3.05, 3.63) is 41.9 Å². The molecule has 0 unspecified atom stereocenters. The number of fused-ring (bicyclic) bond motifs is 2. The normalized spacial score (nSPS) is 14.7. The van der Waals surface area contributed by atoms with Crippen LogP contribution in [0.3, 0.4) is 0 Å². The zero-order valence-electron chi connectivity index (χ0n) is 14.4. The first-order valence-electron chi connectivity index (χ1n) is 8.33. The van der Waals surface area contributed by atoms with Crippen LogP contribution < -0.4 is 24.4 Å². The summed E-state index contributed by atoms with van der Waals surface area (Å²) in [6.07, 6.45) is 1.75. The molecule has 136 valence electrons.